The van der Waals surface area contributed by atoms with Crippen LogP contribution in [0.1, 0.15) is 23.4 Å². The number of benzene rings is 1. The Hall–Kier alpha value is -1.30. The van der Waals surface area contributed by atoms with Crippen LogP contribution in [0.2, 0.25) is 5.02 Å². The summed E-state index contributed by atoms with van der Waals surface area (Å²) in [6.45, 7) is 0. The molecule has 3 rings (SSSR count). The van der Waals surface area contributed by atoms with Crippen LogP contribution in [0.3, 0.4) is 0 Å². The number of aryl methyl sites for hydroxylation is 2. The van der Waals surface area contributed by atoms with Gasteiger partial charge in [0, 0.05) is 15.6 Å². The van der Waals surface area contributed by atoms with Crippen LogP contribution in [0.5, 0.6) is 0 Å². The number of nitrogens with one attached hydrogen (secondary N) is 2. The molecule has 1 aromatic heterocycles. The van der Waals surface area contributed by atoms with Crippen molar-refractivity contribution in [1.82, 2.24) is 4.98 Å². The first-order valence-electron chi connectivity index (χ1n) is 6.53. The number of aromatic nitrogens is 1. The third kappa shape index (κ3) is 4.09. The van der Waals surface area contributed by atoms with E-state index in [4.69, 9.17) is 11.6 Å². The molecule has 1 aromatic carbocycles. The number of urea groups is 1. The number of hydrogen-bond acceptors (Lipinski definition) is 3. The van der Waals surface area contributed by atoms with Crippen molar-refractivity contribution >= 4 is 52.2 Å². The molecule has 0 fully saturated rings. The summed E-state index contributed by atoms with van der Waals surface area (Å²) in [5.41, 5.74) is 1.80. The van der Waals surface area contributed by atoms with E-state index >= 15 is 0 Å². The Kier molecular flexibility index (Phi) is 5.45. The van der Waals surface area contributed by atoms with Gasteiger partial charge < -0.3 is 5.32 Å². The molecule has 112 valence electrons. The average Bonchev–Trinajstić information content (AvgIpc) is 2.80. The van der Waals surface area contributed by atoms with E-state index in [1.54, 1.807) is 35.6 Å². The molecule has 0 aliphatic heterocycles. The molecule has 7 heteroatoms. The van der Waals surface area contributed by atoms with Crippen molar-refractivity contribution in [2.24, 2.45) is 0 Å². The molecular weight excluding hydrogens is 329 g/mol. The number of thiazole rings is 1. The van der Waals surface area contributed by atoms with Crippen molar-refractivity contribution in [3.05, 3.63) is 39.9 Å². The Bertz CT molecular complexity index is 621. The largest absolute Gasteiger partial charge is 0.325 e. The van der Waals surface area contributed by atoms with Gasteiger partial charge in [0.05, 0.1) is 5.69 Å². The summed E-state index contributed by atoms with van der Waals surface area (Å²) in [5.74, 6) is 0. The van der Waals surface area contributed by atoms with E-state index in [-0.39, 0.29) is 18.4 Å². The number of anilines is 2. The molecule has 2 aromatic rings. The zero-order chi connectivity index (χ0) is 13.9. The summed E-state index contributed by atoms with van der Waals surface area (Å²) in [6.07, 6.45) is 4.49. The minimum Gasteiger partial charge on any atom is -0.308 e. The van der Waals surface area contributed by atoms with Crippen LogP contribution in [0.4, 0.5) is 15.6 Å². The highest BCUT2D eigenvalue weighted by Crippen LogP contribution is 2.29. The molecule has 0 bridgehead atoms. The average molecular weight is 344 g/mol. The summed E-state index contributed by atoms with van der Waals surface area (Å²) >= 11 is 7.44. The molecule has 4 nitrogen and oxygen atoms in total. The van der Waals surface area contributed by atoms with Gasteiger partial charge in [-0.25, -0.2) is 9.78 Å². The maximum Gasteiger partial charge on any atom is 0.325 e. The van der Waals surface area contributed by atoms with Gasteiger partial charge in [-0.05, 0) is 43.9 Å². The lowest BCUT2D eigenvalue weighted by Crippen LogP contribution is -2.19. The van der Waals surface area contributed by atoms with Crippen molar-refractivity contribution < 1.29 is 4.79 Å². The van der Waals surface area contributed by atoms with E-state index in [2.05, 4.69) is 15.6 Å². The van der Waals surface area contributed by atoms with E-state index in [0.29, 0.717) is 15.8 Å². The summed E-state index contributed by atoms with van der Waals surface area (Å²) < 4.78 is 0. The van der Waals surface area contributed by atoms with Crippen LogP contribution < -0.4 is 10.6 Å². The van der Waals surface area contributed by atoms with Gasteiger partial charge in [-0.2, -0.15) is 0 Å². The molecule has 1 heterocycles. The van der Waals surface area contributed by atoms with Crippen LogP contribution >= 0.6 is 35.3 Å². The molecule has 0 atom stereocenters. The van der Waals surface area contributed by atoms with Crippen molar-refractivity contribution in [1.29, 1.82) is 0 Å². The third-order valence-corrected chi connectivity index (χ3v) is 4.46. The first-order chi connectivity index (χ1) is 9.70. The summed E-state index contributed by atoms with van der Waals surface area (Å²) in [5, 5.41) is 6.78. The topological polar surface area (TPSA) is 54.0 Å². The highest BCUT2D eigenvalue weighted by atomic mass is 35.5. The summed E-state index contributed by atoms with van der Waals surface area (Å²) in [4.78, 5) is 17.7. The molecule has 1 aliphatic carbocycles. The zero-order valence-electron chi connectivity index (χ0n) is 11.2. The molecule has 1 aliphatic rings. The second kappa shape index (κ2) is 7.11. The normalized spacial score (nSPS) is 13.0. The number of rotatable bonds is 2. The van der Waals surface area contributed by atoms with E-state index in [0.717, 1.165) is 18.5 Å². The highest BCUT2D eigenvalue weighted by Gasteiger charge is 2.16. The number of fused-ring (bicyclic) bond motifs is 1. The molecule has 0 radical (unpaired) electrons. The van der Waals surface area contributed by atoms with Gasteiger partial charge in [0.25, 0.3) is 0 Å². The van der Waals surface area contributed by atoms with Crippen molar-refractivity contribution in [2.75, 3.05) is 10.6 Å². The maximum atomic E-state index is 11.9. The molecule has 0 unspecified atom stereocenters. The molecule has 2 N–H and O–H groups in total. The first kappa shape index (κ1) is 16.1. The number of carbonyl (C=O) groups is 1. The van der Waals surface area contributed by atoms with Crippen LogP contribution in [-0.2, 0) is 12.8 Å². The Morgan fingerprint density at radius 1 is 1.24 bits per heavy atom. The fourth-order valence-electron chi connectivity index (χ4n) is 2.23. The monoisotopic (exact) mass is 343 g/mol. The number of carbonyl (C=O) groups excluding carboxylic acids is 1. The fraction of sp³-hybridized carbons (Fsp3) is 0.286. The van der Waals surface area contributed by atoms with Gasteiger partial charge in [-0.15, -0.1) is 23.7 Å². The summed E-state index contributed by atoms with van der Waals surface area (Å²) in [6, 6.07) is 6.75. The fourth-order valence-corrected chi connectivity index (χ4v) is 3.47. The Morgan fingerprint density at radius 3 is 2.81 bits per heavy atom. The van der Waals surface area contributed by atoms with Gasteiger partial charge in [0.15, 0.2) is 5.13 Å². The third-order valence-electron chi connectivity index (χ3n) is 3.15. The van der Waals surface area contributed by atoms with Crippen LogP contribution in [0.25, 0.3) is 0 Å². The van der Waals surface area contributed by atoms with E-state index in [9.17, 15) is 4.79 Å². The first-order valence-corrected chi connectivity index (χ1v) is 7.72. The van der Waals surface area contributed by atoms with Crippen molar-refractivity contribution in [3.8, 4) is 0 Å². The lowest BCUT2D eigenvalue weighted by Gasteiger charge is -2.06. The minimum absolute atomic E-state index is 0. The lowest BCUT2D eigenvalue weighted by molar-refractivity contribution is 0.262. The van der Waals surface area contributed by atoms with Gasteiger partial charge in [0.1, 0.15) is 0 Å². The molecule has 21 heavy (non-hydrogen) atoms. The molecular formula is C14H15Cl2N3OS. The Morgan fingerprint density at radius 2 is 2.05 bits per heavy atom. The van der Waals surface area contributed by atoms with Crippen LogP contribution in [-0.4, -0.2) is 11.0 Å². The Labute approximate surface area is 138 Å². The van der Waals surface area contributed by atoms with Crippen LogP contribution in [0.15, 0.2) is 24.3 Å². The Balaban J connectivity index is 0.00000161. The summed E-state index contributed by atoms with van der Waals surface area (Å²) in [7, 11) is 0. The quantitative estimate of drug-likeness (QED) is 0.827. The zero-order valence-corrected chi connectivity index (χ0v) is 13.6. The van der Waals surface area contributed by atoms with E-state index < -0.39 is 0 Å². The molecule has 0 spiro atoms. The second-order valence-electron chi connectivity index (χ2n) is 4.69. The lowest BCUT2D eigenvalue weighted by atomic mass is 10.0. The van der Waals surface area contributed by atoms with E-state index in [1.165, 1.54) is 17.7 Å². The minimum atomic E-state index is -0.293. The molecule has 0 saturated heterocycles. The van der Waals surface area contributed by atoms with Crippen LogP contribution in [0, 0.1) is 0 Å². The second-order valence-corrected chi connectivity index (χ2v) is 6.21. The molecule has 0 saturated carbocycles. The van der Waals surface area contributed by atoms with Gasteiger partial charge in [-0.3, -0.25) is 5.32 Å². The predicted molar refractivity (Wildman–Crippen MR) is 90.1 cm³/mol. The number of halogens is 2. The number of nitrogens with zero attached hydrogens (tertiary/aromatic N) is 1. The SMILES string of the molecule is Cl.O=C(Nc1cccc(Cl)c1)Nc1nc2c(s1)CCCC2. The van der Waals surface area contributed by atoms with Gasteiger partial charge in [-0.1, -0.05) is 17.7 Å². The van der Waals surface area contributed by atoms with Crippen molar-refractivity contribution in [3.63, 3.8) is 0 Å². The highest BCUT2D eigenvalue weighted by molar-refractivity contribution is 7.15. The van der Waals surface area contributed by atoms with Gasteiger partial charge in [0.2, 0.25) is 0 Å². The number of hydrogen-bond donors (Lipinski definition) is 2. The standard InChI is InChI=1S/C14H14ClN3OS.ClH/c15-9-4-3-5-10(8-9)16-13(19)18-14-17-11-6-1-2-7-12(11)20-14;/h3-5,8H,1-2,6-7H2,(H2,16,17,18,19);1H. The molecule has 2 amide bonds. The van der Waals surface area contributed by atoms with Crippen molar-refractivity contribution in [2.45, 2.75) is 25.7 Å². The number of amides is 2. The smallest absolute Gasteiger partial charge is 0.308 e. The van der Waals surface area contributed by atoms with E-state index in [1.807, 2.05) is 0 Å². The maximum absolute atomic E-state index is 11.9. The van der Waals surface area contributed by atoms with Gasteiger partial charge >= 0.3 is 6.03 Å². The predicted octanol–water partition coefficient (Wildman–Crippen LogP) is 4.74.